The molecule has 0 saturated carbocycles. The third-order valence-electron chi connectivity index (χ3n) is 2.21. The summed E-state index contributed by atoms with van der Waals surface area (Å²) in [6.45, 7) is 2.13. The monoisotopic (exact) mass is 180 g/mol. The van der Waals surface area contributed by atoms with E-state index in [0.29, 0.717) is 6.42 Å². The Balaban J connectivity index is 2.76. The maximum atomic E-state index is 8.88. The van der Waals surface area contributed by atoms with Gasteiger partial charge in [-0.05, 0) is 31.0 Å². The van der Waals surface area contributed by atoms with Crippen molar-refractivity contribution in [2.45, 2.75) is 25.3 Å². The van der Waals surface area contributed by atoms with Crippen LogP contribution in [0.2, 0.25) is 0 Å². The summed E-state index contributed by atoms with van der Waals surface area (Å²) in [6, 6.07) is 3.96. The number of hydrogen-bond donors (Lipinski definition) is 2. The Morgan fingerprint density at radius 2 is 2.08 bits per heavy atom. The summed E-state index contributed by atoms with van der Waals surface area (Å²) < 4.78 is 0. The molecule has 13 heavy (non-hydrogen) atoms. The fourth-order valence-electron chi connectivity index (χ4n) is 1.48. The largest absolute Gasteiger partial charge is 0.396 e. The van der Waals surface area contributed by atoms with Crippen molar-refractivity contribution in [2.75, 3.05) is 6.61 Å². The Labute approximate surface area is 78.6 Å². The van der Waals surface area contributed by atoms with Crippen LogP contribution in [-0.2, 0) is 0 Å². The highest BCUT2D eigenvalue weighted by Gasteiger charge is 2.14. The molecule has 1 aromatic heterocycles. The van der Waals surface area contributed by atoms with Gasteiger partial charge in [-0.15, -0.1) is 0 Å². The molecule has 0 bridgehead atoms. The van der Waals surface area contributed by atoms with Gasteiger partial charge in [-0.1, -0.05) is 0 Å². The van der Waals surface area contributed by atoms with E-state index in [1.807, 2.05) is 19.1 Å². The first kappa shape index (κ1) is 10.2. The van der Waals surface area contributed by atoms with Gasteiger partial charge in [-0.3, -0.25) is 4.98 Å². The molecule has 1 rings (SSSR count). The van der Waals surface area contributed by atoms with Crippen LogP contribution in [0, 0.1) is 0 Å². The molecule has 3 nitrogen and oxygen atoms in total. The molecule has 1 heterocycles. The molecule has 0 radical (unpaired) electrons. The molecule has 2 atom stereocenters. The van der Waals surface area contributed by atoms with Crippen molar-refractivity contribution in [1.82, 2.24) is 4.98 Å². The first-order valence-electron chi connectivity index (χ1n) is 4.52. The number of pyridine rings is 1. The zero-order valence-electron chi connectivity index (χ0n) is 7.85. The molecule has 0 fully saturated rings. The fraction of sp³-hybridized carbons (Fsp3) is 0.500. The SMILES string of the molecule is CC(N)C(CCO)c1ccncc1. The molecule has 0 amide bonds. The lowest BCUT2D eigenvalue weighted by Crippen LogP contribution is -2.25. The van der Waals surface area contributed by atoms with Gasteiger partial charge in [0.1, 0.15) is 0 Å². The van der Waals surface area contributed by atoms with Crippen LogP contribution in [-0.4, -0.2) is 22.7 Å². The quantitative estimate of drug-likeness (QED) is 0.723. The van der Waals surface area contributed by atoms with Crippen LogP contribution in [0.4, 0.5) is 0 Å². The first-order chi connectivity index (χ1) is 6.25. The molecular weight excluding hydrogens is 164 g/mol. The number of rotatable bonds is 4. The number of hydrogen-bond acceptors (Lipinski definition) is 3. The Morgan fingerprint density at radius 3 is 2.54 bits per heavy atom. The maximum absolute atomic E-state index is 8.88. The van der Waals surface area contributed by atoms with Crippen LogP contribution in [0.5, 0.6) is 0 Å². The van der Waals surface area contributed by atoms with Gasteiger partial charge in [0.15, 0.2) is 0 Å². The lowest BCUT2D eigenvalue weighted by atomic mass is 9.91. The minimum absolute atomic E-state index is 0.0644. The Hall–Kier alpha value is -0.930. The van der Waals surface area contributed by atoms with Crippen LogP contribution in [0.25, 0.3) is 0 Å². The fourth-order valence-corrected chi connectivity index (χ4v) is 1.48. The molecule has 0 aromatic carbocycles. The normalized spacial score (nSPS) is 15.3. The minimum atomic E-state index is 0.0644. The molecule has 3 heteroatoms. The van der Waals surface area contributed by atoms with E-state index in [4.69, 9.17) is 10.8 Å². The Morgan fingerprint density at radius 1 is 1.46 bits per heavy atom. The van der Waals surface area contributed by atoms with Crippen LogP contribution >= 0.6 is 0 Å². The average Bonchev–Trinajstić information content (AvgIpc) is 2.15. The lowest BCUT2D eigenvalue weighted by molar-refractivity contribution is 0.269. The number of nitrogens with two attached hydrogens (primary N) is 1. The molecule has 0 spiro atoms. The number of aromatic nitrogens is 1. The van der Waals surface area contributed by atoms with Crippen LogP contribution in [0.1, 0.15) is 24.8 Å². The standard InChI is InChI=1S/C10H16N2O/c1-8(11)10(4-7-13)9-2-5-12-6-3-9/h2-3,5-6,8,10,13H,4,7,11H2,1H3. The van der Waals surface area contributed by atoms with Crippen molar-refractivity contribution in [3.8, 4) is 0 Å². The van der Waals surface area contributed by atoms with E-state index in [1.165, 1.54) is 0 Å². The summed E-state index contributed by atoms with van der Waals surface area (Å²) >= 11 is 0. The Bertz CT molecular complexity index is 236. The predicted octanol–water partition coefficient (Wildman–Crippen LogP) is 0.895. The van der Waals surface area contributed by atoms with Crippen molar-refractivity contribution >= 4 is 0 Å². The number of aliphatic hydroxyl groups is 1. The van der Waals surface area contributed by atoms with Crippen molar-refractivity contribution in [3.63, 3.8) is 0 Å². The average molecular weight is 180 g/mol. The number of aliphatic hydroxyl groups excluding tert-OH is 1. The summed E-state index contributed by atoms with van der Waals surface area (Å²) in [4.78, 5) is 3.94. The zero-order valence-corrected chi connectivity index (χ0v) is 7.85. The number of nitrogens with zero attached hydrogens (tertiary/aromatic N) is 1. The van der Waals surface area contributed by atoms with E-state index in [9.17, 15) is 0 Å². The van der Waals surface area contributed by atoms with Gasteiger partial charge in [0.2, 0.25) is 0 Å². The second kappa shape index (κ2) is 4.94. The van der Waals surface area contributed by atoms with Crippen molar-refractivity contribution in [1.29, 1.82) is 0 Å². The van der Waals surface area contributed by atoms with E-state index in [0.717, 1.165) is 5.56 Å². The van der Waals surface area contributed by atoms with E-state index < -0.39 is 0 Å². The topological polar surface area (TPSA) is 59.1 Å². The van der Waals surface area contributed by atoms with Gasteiger partial charge in [-0.25, -0.2) is 0 Å². The van der Waals surface area contributed by atoms with Gasteiger partial charge < -0.3 is 10.8 Å². The third kappa shape index (κ3) is 2.79. The zero-order chi connectivity index (χ0) is 9.68. The second-order valence-corrected chi connectivity index (χ2v) is 3.26. The molecule has 2 unspecified atom stereocenters. The summed E-state index contributed by atoms with van der Waals surface area (Å²) in [5.41, 5.74) is 6.98. The highest BCUT2D eigenvalue weighted by atomic mass is 16.3. The van der Waals surface area contributed by atoms with Gasteiger partial charge in [0, 0.05) is 31.0 Å². The highest BCUT2D eigenvalue weighted by molar-refractivity contribution is 5.17. The summed E-state index contributed by atoms with van der Waals surface area (Å²) in [6.07, 6.45) is 4.21. The van der Waals surface area contributed by atoms with Crippen LogP contribution in [0.15, 0.2) is 24.5 Å². The molecule has 0 saturated heterocycles. The molecule has 0 aliphatic heterocycles. The van der Waals surface area contributed by atoms with E-state index in [1.54, 1.807) is 12.4 Å². The smallest absolute Gasteiger partial charge is 0.0437 e. The third-order valence-corrected chi connectivity index (χ3v) is 2.21. The summed E-state index contributed by atoms with van der Waals surface area (Å²) in [7, 11) is 0. The van der Waals surface area contributed by atoms with E-state index >= 15 is 0 Å². The molecule has 3 N–H and O–H groups in total. The van der Waals surface area contributed by atoms with Crippen LogP contribution in [0.3, 0.4) is 0 Å². The van der Waals surface area contributed by atoms with Gasteiger partial charge in [0.05, 0.1) is 0 Å². The minimum Gasteiger partial charge on any atom is -0.396 e. The molecule has 1 aromatic rings. The lowest BCUT2D eigenvalue weighted by Gasteiger charge is -2.19. The molecular formula is C10H16N2O. The second-order valence-electron chi connectivity index (χ2n) is 3.26. The molecule has 0 aliphatic rings. The van der Waals surface area contributed by atoms with Crippen LogP contribution < -0.4 is 5.73 Å². The molecule has 72 valence electrons. The van der Waals surface area contributed by atoms with Gasteiger partial charge in [0.25, 0.3) is 0 Å². The van der Waals surface area contributed by atoms with Crippen molar-refractivity contribution in [3.05, 3.63) is 30.1 Å². The Kier molecular flexibility index (Phi) is 3.86. The first-order valence-corrected chi connectivity index (χ1v) is 4.52. The van der Waals surface area contributed by atoms with E-state index in [2.05, 4.69) is 4.98 Å². The van der Waals surface area contributed by atoms with E-state index in [-0.39, 0.29) is 18.6 Å². The van der Waals surface area contributed by atoms with Gasteiger partial charge >= 0.3 is 0 Å². The maximum Gasteiger partial charge on any atom is 0.0437 e. The van der Waals surface area contributed by atoms with Crippen molar-refractivity contribution < 1.29 is 5.11 Å². The van der Waals surface area contributed by atoms with Gasteiger partial charge in [-0.2, -0.15) is 0 Å². The molecule has 0 aliphatic carbocycles. The summed E-state index contributed by atoms with van der Waals surface area (Å²) in [5, 5.41) is 8.88. The predicted molar refractivity (Wildman–Crippen MR) is 52.3 cm³/mol. The summed E-state index contributed by atoms with van der Waals surface area (Å²) in [5.74, 6) is 0.230. The highest BCUT2D eigenvalue weighted by Crippen LogP contribution is 2.20. The van der Waals surface area contributed by atoms with Crippen molar-refractivity contribution in [2.24, 2.45) is 5.73 Å².